The predicted molar refractivity (Wildman–Crippen MR) is 71.3 cm³/mol. The molecule has 0 fully saturated rings. The number of anilines is 1. The summed E-state index contributed by atoms with van der Waals surface area (Å²) in [5.74, 6) is 1.29. The number of nitrogens with one attached hydrogen (secondary N) is 1. The molecule has 0 aliphatic rings. The molecule has 0 unspecified atom stereocenters. The molecule has 2 aromatic carbocycles. The average Bonchev–Trinajstić information content (AvgIpc) is 2.79. The van der Waals surface area contributed by atoms with Gasteiger partial charge in [-0.25, -0.2) is 0 Å². The van der Waals surface area contributed by atoms with Gasteiger partial charge in [0.1, 0.15) is 12.4 Å². The van der Waals surface area contributed by atoms with Gasteiger partial charge in [0.15, 0.2) is 5.82 Å². The smallest absolute Gasteiger partial charge is 0.153 e. The molecule has 0 saturated heterocycles. The Balaban J connectivity index is 1.80. The third-order valence-corrected chi connectivity index (χ3v) is 2.81. The van der Waals surface area contributed by atoms with Crippen LogP contribution >= 0.6 is 0 Å². The van der Waals surface area contributed by atoms with Crippen LogP contribution in [0.1, 0.15) is 5.56 Å². The van der Waals surface area contributed by atoms with Gasteiger partial charge in [-0.2, -0.15) is 5.10 Å². The number of aromatic amines is 1. The predicted octanol–water partition coefficient (Wildman–Crippen LogP) is 2.72. The maximum Gasteiger partial charge on any atom is 0.153 e. The second-order valence-electron chi connectivity index (χ2n) is 4.09. The number of aromatic nitrogens is 2. The quantitative estimate of drug-likeness (QED) is 0.738. The number of benzene rings is 2. The van der Waals surface area contributed by atoms with E-state index in [1.165, 1.54) is 0 Å². The number of nitrogens with two attached hydrogens (primary N) is 1. The second-order valence-corrected chi connectivity index (χ2v) is 4.09. The summed E-state index contributed by atoms with van der Waals surface area (Å²) in [4.78, 5) is 0. The van der Waals surface area contributed by atoms with Gasteiger partial charge in [0.2, 0.25) is 0 Å². The minimum Gasteiger partial charge on any atom is -0.489 e. The van der Waals surface area contributed by atoms with E-state index in [1.807, 2.05) is 48.5 Å². The van der Waals surface area contributed by atoms with Gasteiger partial charge in [-0.1, -0.05) is 30.3 Å². The number of ether oxygens (including phenoxy) is 1. The number of nitrogens with zero attached hydrogens (tertiary/aromatic N) is 1. The van der Waals surface area contributed by atoms with Crippen LogP contribution in [-0.4, -0.2) is 10.2 Å². The molecule has 3 aromatic rings. The van der Waals surface area contributed by atoms with Gasteiger partial charge in [0, 0.05) is 5.39 Å². The van der Waals surface area contributed by atoms with Gasteiger partial charge in [-0.3, -0.25) is 5.10 Å². The van der Waals surface area contributed by atoms with Crippen LogP contribution in [0.4, 0.5) is 5.82 Å². The first-order valence-electron chi connectivity index (χ1n) is 5.73. The first kappa shape index (κ1) is 10.7. The minimum absolute atomic E-state index is 0.496. The van der Waals surface area contributed by atoms with E-state index >= 15 is 0 Å². The minimum atomic E-state index is 0.496. The summed E-state index contributed by atoms with van der Waals surface area (Å²) in [6, 6.07) is 15.8. The first-order valence-corrected chi connectivity index (χ1v) is 5.73. The van der Waals surface area contributed by atoms with E-state index in [0.717, 1.165) is 22.2 Å². The third kappa shape index (κ3) is 2.00. The standard InChI is InChI=1S/C14H13N3O/c15-14-12-8-11(6-7-13(12)16-17-14)18-9-10-4-2-1-3-5-10/h1-8H,9H2,(H3,15,16,17). The largest absolute Gasteiger partial charge is 0.489 e. The van der Waals surface area contributed by atoms with Crippen LogP contribution in [0.3, 0.4) is 0 Å². The molecule has 0 radical (unpaired) electrons. The molecule has 0 spiro atoms. The molecule has 90 valence electrons. The van der Waals surface area contributed by atoms with Crippen LogP contribution < -0.4 is 10.5 Å². The Labute approximate surface area is 104 Å². The lowest BCUT2D eigenvalue weighted by molar-refractivity contribution is 0.306. The monoisotopic (exact) mass is 239 g/mol. The third-order valence-electron chi connectivity index (χ3n) is 2.81. The van der Waals surface area contributed by atoms with Crippen molar-refractivity contribution in [3.8, 4) is 5.75 Å². The van der Waals surface area contributed by atoms with Gasteiger partial charge in [-0.05, 0) is 23.8 Å². The van der Waals surface area contributed by atoms with Crippen molar-refractivity contribution in [3.63, 3.8) is 0 Å². The van der Waals surface area contributed by atoms with Crippen molar-refractivity contribution >= 4 is 16.7 Å². The van der Waals surface area contributed by atoms with Crippen molar-refractivity contribution < 1.29 is 4.74 Å². The summed E-state index contributed by atoms with van der Waals surface area (Å²) in [7, 11) is 0. The molecule has 0 aliphatic carbocycles. The summed E-state index contributed by atoms with van der Waals surface area (Å²) in [5.41, 5.74) is 7.81. The van der Waals surface area contributed by atoms with Crippen LogP contribution in [-0.2, 0) is 6.61 Å². The lowest BCUT2D eigenvalue weighted by Crippen LogP contribution is -1.94. The molecule has 0 bridgehead atoms. The fourth-order valence-electron chi connectivity index (χ4n) is 1.84. The van der Waals surface area contributed by atoms with Crippen molar-refractivity contribution in [2.24, 2.45) is 0 Å². The van der Waals surface area contributed by atoms with Crippen LogP contribution in [0.15, 0.2) is 48.5 Å². The number of nitrogen functional groups attached to an aromatic ring is 1. The molecule has 3 rings (SSSR count). The SMILES string of the molecule is Nc1n[nH]c2ccc(OCc3ccccc3)cc12. The van der Waals surface area contributed by atoms with E-state index in [-0.39, 0.29) is 0 Å². The summed E-state index contributed by atoms with van der Waals surface area (Å²) in [6.07, 6.45) is 0. The number of rotatable bonds is 3. The molecule has 1 heterocycles. The molecule has 0 amide bonds. The van der Waals surface area contributed by atoms with Crippen LogP contribution in [0.25, 0.3) is 10.9 Å². The normalized spacial score (nSPS) is 10.7. The van der Waals surface area contributed by atoms with Crippen molar-refractivity contribution in [2.75, 3.05) is 5.73 Å². The highest BCUT2D eigenvalue weighted by atomic mass is 16.5. The van der Waals surface area contributed by atoms with Crippen LogP contribution in [0, 0.1) is 0 Å². The molecule has 1 aromatic heterocycles. The molecule has 18 heavy (non-hydrogen) atoms. The van der Waals surface area contributed by atoms with Crippen LogP contribution in [0.5, 0.6) is 5.75 Å². The van der Waals surface area contributed by atoms with E-state index in [4.69, 9.17) is 10.5 Å². The van der Waals surface area contributed by atoms with E-state index in [0.29, 0.717) is 12.4 Å². The lowest BCUT2D eigenvalue weighted by atomic mass is 10.2. The number of H-pyrrole nitrogens is 1. The summed E-state index contributed by atoms with van der Waals surface area (Å²) >= 11 is 0. The fourth-order valence-corrected chi connectivity index (χ4v) is 1.84. The average molecular weight is 239 g/mol. The van der Waals surface area contributed by atoms with Crippen molar-refractivity contribution in [1.29, 1.82) is 0 Å². The highest BCUT2D eigenvalue weighted by molar-refractivity contribution is 5.89. The van der Waals surface area contributed by atoms with Gasteiger partial charge in [-0.15, -0.1) is 0 Å². The topological polar surface area (TPSA) is 63.9 Å². The molecule has 0 aliphatic heterocycles. The highest BCUT2D eigenvalue weighted by Gasteiger charge is 2.03. The van der Waals surface area contributed by atoms with Gasteiger partial charge < -0.3 is 10.5 Å². The van der Waals surface area contributed by atoms with Crippen molar-refractivity contribution in [3.05, 3.63) is 54.1 Å². The molecule has 0 saturated carbocycles. The van der Waals surface area contributed by atoms with Gasteiger partial charge >= 0.3 is 0 Å². The van der Waals surface area contributed by atoms with Crippen molar-refractivity contribution in [1.82, 2.24) is 10.2 Å². The zero-order chi connectivity index (χ0) is 12.4. The molecular weight excluding hydrogens is 226 g/mol. The van der Waals surface area contributed by atoms with Crippen LogP contribution in [0.2, 0.25) is 0 Å². The summed E-state index contributed by atoms with van der Waals surface area (Å²) < 4.78 is 5.73. The maximum absolute atomic E-state index is 5.75. The summed E-state index contributed by atoms with van der Waals surface area (Å²) in [6.45, 7) is 0.546. The molecule has 3 N–H and O–H groups in total. The number of hydrogen-bond donors (Lipinski definition) is 2. The van der Waals surface area contributed by atoms with E-state index < -0.39 is 0 Å². The van der Waals surface area contributed by atoms with E-state index in [1.54, 1.807) is 0 Å². The lowest BCUT2D eigenvalue weighted by Gasteiger charge is -2.06. The molecule has 4 heteroatoms. The Morgan fingerprint density at radius 2 is 1.94 bits per heavy atom. The number of fused-ring (bicyclic) bond motifs is 1. The zero-order valence-corrected chi connectivity index (χ0v) is 9.76. The fraction of sp³-hybridized carbons (Fsp3) is 0.0714. The number of hydrogen-bond acceptors (Lipinski definition) is 3. The Morgan fingerprint density at radius 1 is 1.11 bits per heavy atom. The second kappa shape index (κ2) is 4.41. The van der Waals surface area contributed by atoms with E-state index in [2.05, 4.69) is 10.2 Å². The molecule has 0 atom stereocenters. The van der Waals surface area contributed by atoms with E-state index in [9.17, 15) is 0 Å². The van der Waals surface area contributed by atoms with Crippen molar-refractivity contribution in [2.45, 2.75) is 6.61 Å². The zero-order valence-electron chi connectivity index (χ0n) is 9.76. The summed E-state index contributed by atoms with van der Waals surface area (Å²) in [5, 5.41) is 7.70. The maximum atomic E-state index is 5.75. The molecule has 4 nitrogen and oxygen atoms in total. The highest BCUT2D eigenvalue weighted by Crippen LogP contribution is 2.23. The van der Waals surface area contributed by atoms with Gasteiger partial charge in [0.25, 0.3) is 0 Å². The van der Waals surface area contributed by atoms with Gasteiger partial charge in [0.05, 0.1) is 5.52 Å². The molecular formula is C14H13N3O. The Kier molecular flexibility index (Phi) is 2.61. The Hall–Kier alpha value is -2.49. The Bertz CT molecular complexity index is 661. The Morgan fingerprint density at radius 3 is 2.78 bits per heavy atom. The first-order chi connectivity index (χ1) is 8.83.